The first-order valence-corrected chi connectivity index (χ1v) is 5.94. The molecule has 1 rings (SSSR count). The van der Waals surface area contributed by atoms with Crippen LogP contribution in [0.1, 0.15) is 44.0 Å². The summed E-state index contributed by atoms with van der Waals surface area (Å²) >= 11 is 0. The Morgan fingerprint density at radius 1 is 0.944 bits per heavy atom. The van der Waals surface area contributed by atoms with Crippen molar-refractivity contribution < 1.29 is 14.4 Å². The van der Waals surface area contributed by atoms with Crippen LogP contribution in [0.5, 0.6) is 0 Å². The van der Waals surface area contributed by atoms with E-state index in [9.17, 15) is 14.4 Å². The van der Waals surface area contributed by atoms with Gasteiger partial charge in [-0.3, -0.25) is 14.4 Å². The lowest BCUT2D eigenvalue weighted by molar-refractivity contribution is -0.137. The summed E-state index contributed by atoms with van der Waals surface area (Å²) in [7, 11) is 0. The van der Waals surface area contributed by atoms with Gasteiger partial charge >= 0.3 is 0 Å². The summed E-state index contributed by atoms with van der Waals surface area (Å²) in [6, 6.07) is 8.54. The summed E-state index contributed by atoms with van der Waals surface area (Å²) in [5.74, 6) is -1.37. The van der Waals surface area contributed by atoms with Crippen molar-refractivity contribution >= 4 is 17.3 Å². The molecule has 0 fully saturated rings. The van der Waals surface area contributed by atoms with Gasteiger partial charge in [0.15, 0.2) is 11.6 Å². The average molecular weight is 246 g/mol. The van der Waals surface area contributed by atoms with E-state index in [-0.39, 0.29) is 24.0 Å². The van der Waals surface area contributed by atoms with Crippen LogP contribution >= 0.6 is 0 Å². The third kappa shape index (κ3) is 4.62. The van der Waals surface area contributed by atoms with Crippen molar-refractivity contribution in [1.29, 1.82) is 0 Å². The Balaban J connectivity index is 2.61. The van der Waals surface area contributed by atoms with Crippen LogP contribution < -0.4 is 0 Å². The maximum atomic E-state index is 11.8. The molecule has 0 amide bonds. The first-order chi connectivity index (χ1) is 8.29. The van der Waals surface area contributed by atoms with Crippen molar-refractivity contribution in [2.45, 2.75) is 33.6 Å². The molecule has 3 nitrogen and oxygen atoms in total. The van der Waals surface area contributed by atoms with E-state index in [4.69, 9.17) is 0 Å². The van der Waals surface area contributed by atoms with Crippen molar-refractivity contribution in [3.05, 3.63) is 35.9 Å². The molecule has 0 atom stereocenters. The van der Waals surface area contributed by atoms with Gasteiger partial charge in [0.05, 0.1) is 6.42 Å². The zero-order valence-electron chi connectivity index (χ0n) is 11.0. The van der Waals surface area contributed by atoms with E-state index in [1.165, 1.54) is 0 Å². The van der Waals surface area contributed by atoms with Crippen LogP contribution in [-0.4, -0.2) is 17.3 Å². The highest BCUT2D eigenvalue weighted by molar-refractivity contribution is 6.41. The zero-order chi connectivity index (χ0) is 13.8. The molecule has 0 bridgehead atoms. The molecule has 0 N–H and O–H groups in total. The Hall–Kier alpha value is -1.77. The molecule has 0 saturated heterocycles. The van der Waals surface area contributed by atoms with E-state index >= 15 is 0 Å². The number of benzene rings is 1. The van der Waals surface area contributed by atoms with E-state index < -0.39 is 11.6 Å². The van der Waals surface area contributed by atoms with Gasteiger partial charge in [0, 0.05) is 12.0 Å². The minimum Gasteiger partial charge on any atom is -0.294 e. The van der Waals surface area contributed by atoms with Crippen LogP contribution in [0.15, 0.2) is 30.3 Å². The molecule has 3 heteroatoms. The lowest BCUT2D eigenvalue weighted by atomic mass is 9.88. The van der Waals surface area contributed by atoms with Gasteiger partial charge < -0.3 is 0 Å². The number of hydrogen-bond donors (Lipinski definition) is 0. The number of carbonyl (C=O) groups excluding carboxylic acids is 3. The van der Waals surface area contributed by atoms with Crippen molar-refractivity contribution in [2.24, 2.45) is 5.41 Å². The Morgan fingerprint density at radius 3 is 2.00 bits per heavy atom. The van der Waals surface area contributed by atoms with E-state index in [0.29, 0.717) is 5.56 Å². The molecular weight excluding hydrogens is 228 g/mol. The van der Waals surface area contributed by atoms with Crippen LogP contribution in [0.2, 0.25) is 0 Å². The highest BCUT2D eigenvalue weighted by atomic mass is 16.2. The fourth-order valence-corrected chi connectivity index (χ4v) is 1.55. The second-order valence-corrected chi connectivity index (χ2v) is 5.55. The van der Waals surface area contributed by atoms with Gasteiger partial charge in [-0.2, -0.15) is 0 Å². The minimum atomic E-state index is -0.598. The molecule has 0 unspecified atom stereocenters. The van der Waals surface area contributed by atoms with Crippen molar-refractivity contribution in [3.8, 4) is 0 Å². The van der Waals surface area contributed by atoms with Gasteiger partial charge in [0.25, 0.3) is 0 Å². The first kappa shape index (κ1) is 14.3. The Labute approximate surface area is 107 Å². The van der Waals surface area contributed by atoms with E-state index in [0.717, 1.165) is 0 Å². The number of Topliss-reactive ketones (excluding diaryl/α,β-unsaturated/α-hetero) is 3. The fraction of sp³-hybridized carbons (Fsp3) is 0.400. The van der Waals surface area contributed by atoms with Gasteiger partial charge in [0.1, 0.15) is 0 Å². The SMILES string of the molecule is CC(C)(C)CC(=O)C(=O)CC(=O)c1ccccc1. The Morgan fingerprint density at radius 2 is 1.50 bits per heavy atom. The molecule has 0 spiro atoms. The van der Waals surface area contributed by atoms with Crippen LogP contribution in [0, 0.1) is 5.41 Å². The molecule has 0 radical (unpaired) electrons. The molecule has 0 aromatic heterocycles. The fourth-order valence-electron chi connectivity index (χ4n) is 1.55. The molecule has 0 saturated carbocycles. The summed E-state index contributed by atoms with van der Waals surface area (Å²) in [6.07, 6.45) is -0.160. The Bertz CT molecular complexity index is 452. The molecule has 0 aliphatic heterocycles. The Kier molecular flexibility index (Phi) is 4.54. The second kappa shape index (κ2) is 5.71. The van der Waals surface area contributed by atoms with E-state index in [1.54, 1.807) is 30.3 Å². The standard InChI is InChI=1S/C15H18O3/c1-15(2,3)10-14(18)13(17)9-12(16)11-7-5-4-6-8-11/h4-8H,9-10H2,1-3H3. The molecule has 0 aliphatic rings. The predicted octanol–water partition coefficient (Wildman–Crippen LogP) is 2.83. The van der Waals surface area contributed by atoms with Crippen LogP contribution in [0.3, 0.4) is 0 Å². The highest BCUT2D eigenvalue weighted by Gasteiger charge is 2.23. The molecule has 18 heavy (non-hydrogen) atoms. The zero-order valence-corrected chi connectivity index (χ0v) is 11.0. The smallest absolute Gasteiger partial charge is 0.206 e. The maximum absolute atomic E-state index is 11.8. The molecular formula is C15H18O3. The molecule has 0 aliphatic carbocycles. The normalized spacial score (nSPS) is 11.1. The van der Waals surface area contributed by atoms with Crippen molar-refractivity contribution in [1.82, 2.24) is 0 Å². The first-order valence-electron chi connectivity index (χ1n) is 5.94. The summed E-state index contributed by atoms with van der Waals surface area (Å²) in [5, 5.41) is 0. The average Bonchev–Trinajstić information content (AvgIpc) is 2.27. The molecule has 96 valence electrons. The maximum Gasteiger partial charge on any atom is 0.206 e. The molecule has 0 heterocycles. The van der Waals surface area contributed by atoms with Gasteiger partial charge in [0.2, 0.25) is 5.78 Å². The van der Waals surface area contributed by atoms with E-state index in [1.807, 2.05) is 20.8 Å². The molecule has 1 aromatic rings. The van der Waals surface area contributed by atoms with E-state index in [2.05, 4.69) is 0 Å². The summed E-state index contributed by atoms with van der Waals surface area (Å²) in [4.78, 5) is 35.0. The van der Waals surface area contributed by atoms with Gasteiger partial charge in [-0.1, -0.05) is 51.1 Å². The summed E-state index contributed by atoms with van der Waals surface area (Å²) < 4.78 is 0. The number of ketones is 3. The van der Waals surface area contributed by atoms with Crippen molar-refractivity contribution in [2.75, 3.05) is 0 Å². The van der Waals surface area contributed by atoms with Crippen LogP contribution in [0.25, 0.3) is 0 Å². The number of rotatable bonds is 5. The highest BCUT2D eigenvalue weighted by Crippen LogP contribution is 2.19. The quantitative estimate of drug-likeness (QED) is 0.456. The third-order valence-corrected chi connectivity index (χ3v) is 2.42. The summed E-state index contributed by atoms with van der Waals surface area (Å²) in [5.41, 5.74) is 0.233. The number of hydrogen-bond acceptors (Lipinski definition) is 3. The van der Waals surface area contributed by atoms with Crippen molar-refractivity contribution in [3.63, 3.8) is 0 Å². The predicted molar refractivity (Wildman–Crippen MR) is 69.5 cm³/mol. The topological polar surface area (TPSA) is 51.2 Å². The van der Waals surface area contributed by atoms with Crippen LogP contribution in [-0.2, 0) is 9.59 Å². The lowest BCUT2D eigenvalue weighted by Crippen LogP contribution is -2.23. The molecule has 1 aromatic carbocycles. The minimum absolute atomic E-state index is 0.175. The second-order valence-electron chi connectivity index (χ2n) is 5.55. The monoisotopic (exact) mass is 246 g/mol. The summed E-state index contributed by atoms with van der Waals surface area (Å²) in [6.45, 7) is 5.66. The van der Waals surface area contributed by atoms with Gasteiger partial charge in [-0.15, -0.1) is 0 Å². The third-order valence-electron chi connectivity index (χ3n) is 2.42. The largest absolute Gasteiger partial charge is 0.294 e. The van der Waals surface area contributed by atoms with Gasteiger partial charge in [-0.05, 0) is 5.41 Å². The van der Waals surface area contributed by atoms with Gasteiger partial charge in [-0.25, -0.2) is 0 Å². The van der Waals surface area contributed by atoms with Crippen LogP contribution in [0.4, 0.5) is 0 Å². The lowest BCUT2D eigenvalue weighted by Gasteiger charge is -2.15. The number of carbonyl (C=O) groups is 3.